The van der Waals surface area contributed by atoms with Gasteiger partial charge in [0, 0.05) is 0 Å². The number of carbonyl (C=O) groups is 2. The van der Waals surface area contributed by atoms with Crippen LogP contribution in [-0.2, 0) is 4.74 Å². The third-order valence-electron chi connectivity index (χ3n) is 2.15. The molecule has 18 heavy (non-hydrogen) atoms. The quantitative estimate of drug-likeness (QED) is 0.823. The Bertz CT molecular complexity index is 478. The fraction of sp³-hybridized carbons (Fsp3) is 0.385. The van der Waals surface area contributed by atoms with E-state index in [4.69, 9.17) is 4.74 Å². The van der Waals surface area contributed by atoms with E-state index in [1.54, 1.807) is 33.8 Å². The number of aryl methyl sites for hydroxylation is 1. The number of hydrogen-bond donors (Lipinski definition) is 1. The number of amides is 1. The van der Waals surface area contributed by atoms with Gasteiger partial charge in [0.2, 0.25) is 0 Å². The molecule has 1 amide bonds. The predicted octanol–water partition coefficient (Wildman–Crippen LogP) is 3.29. The zero-order valence-corrected chi connectivity index (χ0v) is 10.8. The van der Waals surface area contributed by atoms with E-state index in [1.807, 2.05) is 0 Å². The van der Waals surface area contributed by atoms with Gasteiger partial charge in [0.25, 0.3) is 0 Å². The standard InChI is InChI=1S/C13H16FNO3/c1-8-5-6-10(11(14)9(8)7-16)15-12(17)18-13(2,3)4/h5-7H,1-4H3,(H,15,17). The average Bonchev–Trinajstić information content (AvgIpc) is 2.20. The lowest BCUT2D eigenvalue weighted by atomic mass is 10.1. The van der Waals surface area contributed by atoms with Crippen LogP contribution in [0.5, 0.6) is 0 Å². The molecule has 0 saturated carbocycles. The van der Waals surface area contributed by atoms with Crippen molar-refractivity contribution in [3.8, 4) is 0 Å². The molecule has 1 rings (SSSR count). The number of benzene rings is 1. The van der Waals surface area contributed by atoms with Crippen molar-refractivity contribution < 1.29 is 18.7 Å². The van der Waals surface area contributed by atoms with Crippen molar-refractivity contribution in [3.63, 3.8) is 0 Å². The molecular weight excluding hydrogens is 237 g/mol. The Kier molecular flexibility index (Phi) is 4.06. The Morgan fingerprint density at radius 3 is 2.50 bits per heavy atom. The first-order valence-corrected chi connectivity index (χ1v) is 5.49. The molecule has 0 saturated heterocycles. The maximum atomic E-state index is 13.8. The first kappa shape index (κ1) is 14.2. The minimum atomic E-state index is -0.762. The van der Waals surface area contributed by atoms with Gasteiger partial charge >= 0.3 is 6.09 Å². The molecule has 0 unspecified atom stereocenters. The molecule has 5 heteroatoms. The number of aldehydes is 1. The summed E-state index contributed by atoms with van der Waals surface area (Å²) in [5, 5.41) is 2.27. The molecule has 1 N–H and O–H groups in total. The van der Waals surface area contributed by atoms with Crippen molar-refractivity contribution in [2.75, 3.05) is 5.32 Å². The zero-order valence-electron chi connectivity index (χ0n) is 10.8. The van der Waals surface area contributed by atoms with E-state index in [-0.39, 0.29) is 11.3 Å². The fourth-order valence-corrected chi connectivity index (χ4v) is 1.34. The van der Waals surface area contributed by atoms with E-state index >= 15 is 0 Å². The molecule has 4 nitrogen and oxygen atoms in total. The van der Waals surface area contributed by atoms with Gasteiger partial charge in [-0.15, -0.1) is 0 Å². The topological polar surface area (TPSA) is 55.4 Å². The normalized spacial score (nSPS) is 10.9. The summed E-state index contributed by atoms with van der Waals surface area (Å²) in [4.78, 5) is 22.2. The van der Waals surface area contributed by atoms with Crippen molar-refractivity contribution in [2.45, 2.75) is 33.3 Å². The van der Waals surface area contributed by atoms with E-state index in [1.165, 1.54) is 6.07 Å². The molecule has 0 heterocycles. The van der Waals surface area contributed by atoms with Crippen LogP contribution in [0.15, 0.2) is 12.1 Å². The van der Waals surface area contributed by atoms with Gasteiger partial charge in [-0.1, -0.05) is 6.07 Å². The van der Waals surface area contributed by atoms with E-state index < -0.39 is 17.5 Å². The third kappa shape index (κ3) is 3.55. The van der Waals surface area contributed by atoms with Gasteiger partial charge in [-0.05, 0) is 39.3 Å². The molecule has 98 valence electrons. The maximum Gasteiger partial charge on any atom is 0.412 e. The smallest absolute Gasteiger partial charge is 0.412 e. The lowest BCUT2D eigenvalue weighted by molar-refractivity contribution is 0.0635. The molecule has 0 radical (unpaired) electrons. The SMILES string of the molecule is Cc1ccc(NC(=O)OC(C)(C)C)c(F)c1C=O. The molecule has 1 aromatic carbocycles. The van der Waals surface area contributed by atoms with Gasteiger partial charge in [0.05, 0.1) is 11.3 Å². The van der Waals surface area contributed by atoms with Crippen LogP contribution >= 0.6 is 0 Å². The molecule has 0 aliphatic heterocycles. The van der Waals surface area contributed by atoms with Crippen molar-refractivity contribution in [3.05, 3.63) is 29.1 Å². The second kappa shape index (κ2) is 5.16. The lowest BCUT2D eigenvalue weighted by Gasteiger charge is -2.20. The van der Waals surface area contributed by atoms with Crippen LogP contribution in [0.4, 0.5) is 14.9 Å². The van der Waals surface area contributed by atoms with Gasteiger partial charge in [-0.3, -0.25) is 10.1 Å². The van der Waals surface area contributed by atoms with Crippen LogP contribution in [0.3, 0.4) is 0 Å². The number of carbonyl (C=O) groups excluding carboxylic acids is 2. The summed E-state index contributed by atoms with van der Waals surface area (Å²) in [7, 11) is 0. The number of anilines is 1. The van der Waals surface area contributed by atoms with Gasteiger partial charge in [0.15, 0.2) is 12.1 Å². The minimum absolute atomic E-state index is 0.0661. The van der Waals surface area contributed by atoms with Crippen LogP contribution in [0.1, 0.15) is 36.7 Å². The van der Waals surface area contributed by atoms with Crippen LogP contribution < -0.4 is 5.32 Å². The van der Waals surface area contributed by atoms with Crippen LogP contribution in [0.25, 0.3) is 0 Å². The second-order valence-corrected chi connectivity index (χ2v) is 4.90. The van der Waals surface area contributed by atoms with Gasteiger partial charge < -0.3 is 4.74 Å². The number of ether oxygens (including phenoxy) is 1. The predicted molar refractivity (Wildman–Crippen MR) is 66.4 cm³/mol. The minimum Gasteiger partial charge on any atom is -0.444 e. The summed E-state index contributed by atoms with van der Waals surface area (Å²) in [6.07, 6.45) is -0.340. The lowest BCUT2D eigenvalue weighted by Crippen LogP contribution is -2.27. The third-order valence-corrected chi connectivity index (χ3v) is 2.15. The molecule has 0 fully saturated rings. The van der Waals surface area contributed by atoms with E-state index in [0.29, 0.717) is 11.8 Å². The summed E-state index contributed by atoms with van der Waals surface area (Å²) in [5.41, 5.74) is -0.295. The first-order chi connectivity index (χ1) is 8.24. The summed E-state index contributed by atoms with van der Waals surface area (Å²) in [6, 6.07) is 2.95. The molecule has 0 aromatic heterocycles. The van der Waals surface area contributed by atoms with E-state index in [0.717, 1.165) is 0 Å². The van der Waals surface area contributed by atoms with Crippen molar-refractivity contribution in [1.29, 1.82) is 0 Å². The maximum absolute atomic E-state index is 13.8. The van der Waals surface area contributed by atoms with Crippen LogP contribution in [0, 0.1) is 12.7 Å². The zero-order chi connectivity index (χ0) is 13.9. The highest BCUT2D eigenvalue weighted by atomic mass is 19.1. The monoisotopic (exact) mass is 253 g/mol. The van der Waals surface area contributed by atoms with Crippen LogP contribution in [0.2, 0.25) is 0 Å². The highest BCUT2D eigenvalue weighted by molar-refractivity contribution is 5.88. The number of halogens is 1. The Labute approximate surface area is 105 Å². The van der Waals surface area contributed by atoms with Crippen molar-refractivity contribution in [1.82, 2.24) is 0 Å². The summed E-state index contributed by atoms with van der Waals surface area (Å²) < 4.78 is 18.8. The highest BCUT2D eigenvalue weighted by Gasteiger charge is 2.18. The molecule has 0 spiro atoms. The average molecular weight is 253 g/mol. The Morgan fingerprint density at radius 1 is 1.39 bits per heavy atom. The highest BCUT2D eigenvalue weighted by Crippen LogP contribution is 2.21. The molecule has 0 bridgehead atoms. The van der Waals surface area contributed by atoms with E-state index in [2.05, 4.69) is 5.32 Å². The van der Waals surface area contributed by atoms with Gasteiger partial charge in [-0.2, -0.15) is 0 Å². The van der Waals surface area contributed by atoms with Gasteiger partial charge in [-0.25, -0.2) is 9.18 Å². The molecular formula is C13H16FNO3. The molecule has 0 aliphatic rings. The Morgan fingerprint density at radius 2 is 2.00 bits per heavy atom. The van der Waals surface area contributed by atoms with Crippen LogP contribution in [-0.4, -0.2) is 18.0 Å². The number of hydrogen-bond acceptors (Lipinski definition) is 3. The first-order valence-electron chi connectivity index (χ1n) is 5.49. The molecule has 1 aromatic rings. The summed E-state index contributed by atoms with van der Waals surface area (Å²) in [5.74, 6) is -0.754. The van der Waals surface area contributed by atoms with E-state index in [9.17, 15) is 14.0 Å². The number of rotatable bonds is 2. The Balaban J connectivity index is 2.93. The van der Waals surface area contributed by atoms with Crippen molar-refractivity contribution >= 4 is 18.1 Å². The summed E-state index contributed by atoms with van der Waals surface area (Å²) in [6.45, 7) is 6.73. The van der Waals surface area contributed by atoms with Gasteiger partial charge in [0.1, 0.15) is 5.60 Å². The largest absolute Gasteiger partial charge is 0.444 e. The van der Waals surface area contributed by atoms with Crippen molar-refractivity contribution in [2.24, 2.45) is 0 Å². The molecule has 0 aliphatic carbocycles. The molecule has 0 atom stereocenters. The Hall–Kier alpha value is -1.91. The second-order valence-electron chi connectivity index (χ2n) is 4.90. The summed E-state index contributed by atoms with van der Waals surface area (Å²) >= 11 is 0. The fourth-order valence-electron chi connectivity index (χ4n) is 1.34. The number of nitrogens with one attached hydrogen (secondary N) is 1.